The molecule has 1 N–H and O–H groups in total. The van der Waals surface area contributed by atoms with E-state index in [2.05, 4.69) is 5.32 Å². The number of halogens is 2. The van der Waals surface area contributed by atoms with Crippen LogP contribution in [0.2, 0.25) is 5.02 Å². The largest absolute Gasteiger partial charge is 0.352 e. The van der Waals surface area contributed by atoms with Gasteiger partial charge < -0.3 is 10.2 Å². The first kappa shape index (κ1) is 29.6. The number of nitrogens with zero attached hydrogens (tertiary/aromatic N) is 2. The second-order valence-electron chi connectivity index (χ2n) is 10.1. The number of hydrogen-bond acceptors (Lipinski definition) is 4. The highest BCUT2D eigenvalue weighted by Gasteiger charge is 2.34. The average Bonchev–Trinajstić information content (AvgIpc) is 3.44. The third-order valence-electron chi connectivity index (χ3n) is 7.18. The van der Waals surface area contributed by atoms with Crippen LogP contribution >= 0.6 is 11.6 Å². The lowest BCUT2D eigenvalue weighted by atomic mass is 10.1. The van der Waals surface area contributed by atoms with E-state index in [-0.39, 0.29) is 29.1 Å². The van der Waals surface area contributed by atoms with Crippen molar-refractivity contribution in [3.63, 3.8) is 0 Å². The van der Waals surface area contributed by atoms with Gasteiger partial charge in [0.05, 0.1) is 10.6 Å². The summed E-state index contributed by atoms with van der Waals surface area (Å²) in [5.74, 6) is -1.81. The van der Waals surface area contributed by atoms with Crippen LogP contribution in [0.3, 0.4) is 0 Å². The van der Waals surface area contributed by atoms with Crippen molar-refractivity contribution in [2.45, 2.75) is 63.1 Å². The second kappa shape index (κ2) is 12.8. The standard InChI is InChI=1S/C30H33ClFN3O4S/c1-21-15-17-25(18-16-21)40(38,39)35(28-14-8-7-13-27(28)32)20-29(36)34(19-23-9-3-6-12-26(23)31)22(2)30(37)33-24-10-4-5-11-24/h3,6-9,12-18,22,24H,4-5,10-11,19-20H2,1-2H3,(H,33,37). The van der Waals surface area contributed by atoms with E-state index in [0.29, 0.717) is 10.6 Å². The summed E-state index contributed by atoms with van der Waals surface area (Å²) in [5.41, 5.74) is 1.18. The fourth-order valence-corrected chi connectivity index (χ4v) is 6.41. The normalized spacial score (nSPS) is 14.5. The van der Waals surface area contributed by atoms with E-state index >= 15 is 4.39 Å². The summed E-state index contributed by atoms with van der Waals surface area (Å²) in [6.45, 7) is 2.66. The van der Waals surface area contributed by atoms with Gasteiger partial charge >= 0.3 is 0 Å². The molecule has 2 amide bonds. The number of para-hydroxylation sites is 1. The van der Waals surface area contributed by atoms with Crippen molar-refractivity contribution < 1.29 is 22.4 Å². The predicted molar refractivity (Wildman–Crippen MR) is 154 cm³/mol. The van der Waals surface area contributed by atoms with Crippen molar-refractivity contribution in [3.05, 3.63) is 94.8 Å². The molecular weight excluding hydrogens is 553 g/mol. The van der Waals surface area contributed by atoms with Crippen LogP contribution in [0, 0.1) is 12.7 Å². The summed E-state index contributed by atoms with van der Waals surface area (Å²) in [4.78, 5) is 28.4. The molecule has 0 radical (unpaired) electrons. The Morgan fingerprint density at radius 2 is 1.62 bits per heavy atom. The van der Waals surface area contributed by atoms with Gasteiger partial charge in [-0.2, -0.15) is 0 Å². The van der Waals surface area contributed by atoms with Gasteiger partial charge in [0.25, 0.3) is 10.0 Å². The molecule has 3 aromatic rings. The average molecular weight is 586 g/mol. The monoisotopic (exact) mass is 585 g/mol. The fourth-order valence-electron chi connectivity index (χ4n) is 4.79. The maximum absolute atomic E-state index is 15.0. The number of benzene rings is 3. The zero-order chi connectivity index (χ0) is 28.9. The molecule has 0 saturated heterocycles. The first-order chi connectivity index (χ1) is 19.1. The van der Waals surface area contributed by atoms with E-state index in [1.165, 1.54) is 35.2 Å². The van der Waals surface area contributed by atoms with Crippen LogP contribution in [0.4, 0.5) is 10.1 Å². The summed E-state index contributed by atoms with van der Waals surface area (Å²) in [7, 11) is -4.35. The maximum Gasteiger partial charge on any atom is 0.264 e. The number of amides is 2. The van der Waals surface area contributed by atoms with Crippen molar-refractivity contribution in [1.82, 2.24) is 10.2 Å². The number of nitrogens with one attached hydrogen (secondary N) is 1. The van der Waals surface area contributed by atoms with Crippen molar-refractivity contribution in [1.29, 1.82) is 0 Å². The van der Waals surface area contributed by atoms with Gasteiger partial charge in [-0.25, -0.2) is 12.8 Å². The van der Waals surface area contributed by atoms with Gasteiger partial charge in [-0.05, 0) is 62.6 Å². The Labute approximate surface area is 240 Å². The summed E-state index contributed by atoms with van der Waals surface area (Å²) in [5, 5.41) is 3.42. The minimum atomic E-state index is -4.35. The zero-order valence-electron chi connectivity index (χ0n) is 22.5. The molecule has 1 saturated carbocycles. The Kier molecular flexibility index (Phi) is 9.48. The Balaban J connectivity index is 1.70. The molecule has 1 unspecified atom stereocenters. The highest BCUT2D eigenvalue weighted by Crippen LogP contribution is 2.28. The molecule has 4 rings (SSSR count). The van der Waals surface area contributed by atoms with Gasteiger partial charge in [0, 0.05) is 17.6 Å². The number of aryl methyl sites for hydroxylation is 1. The van der Waals surface area contributed by atoms with Gasteiger partial charge in [-0.15, -0.1) is 0 Å². The minimum absolute atomic E-state index is 0.0315. The highest BCUT2D eigenvalue weighted by atomic mass is 35.5. The molecule has 1 aliphatic carbocycles. The third kappa shape index (κ3) is 6.82. The van der Waals surface area contributed by atoms with Gasteiger partial charge in [0.15, 0.2) is 0 Å². The molecule has 0 spiro atoms. The van der Waals surface area contributed by atoms with Crippen LogP contribution in [-0.4, -0.2) is 43.8 Å². The van der Waals surface area contributed by atoms with Crippen molar-refractivity contribution in [3.8, 4) is 0 Å². The first-order valence-electron chi connectivity index (χ1n) is 13.2. The molecule has 0 heterocycles. The van der Waals surface area contributed by atoms with Crippen LogP contribution in [0.15, 0.2) is 77.7 Å². The van der Waals surface area contributed by atoms with E-state index in [9.17, 15) is 18.0 Å². The van der Waals surface area contributed by atoms with Gasteiger partial charge in [-0.1, -0.05) is 72.5 Å². The minimum Gasteiger partial charge on any atom is -0.352 e. The molecule has 1 aliphatic rings. The number of rotatable bonds is 10. The molecule has 1 atom stereocenters. The van der Waals surface area contributed by atoms with Crippen LogP contribution in [0.5, 0.6) is 0 Å². The quantitative estimate of drug-likeness (QED) is 0.342. The number of anilines is 1. The lowest BCUT2D eigenvalue weighted by molar-refractivity contribution is -0.139. The molecule has 212 valence electrons. The van der Waals surface area contributed by atoms with Crippen molar-refractivity contribution in [2.24, 2.45) is 0 Å². The maximum atomic E-state index is 15.0. The number of carbonyl (C=O) groups is 2. The van der Waals surface area contributed by atoms with Gasteiger partial charge in [0.2, 0.25) is 11.8 Å². The molecule has 0 bridgehead atoms. The lowest BCUT2D eigenvalue weighted by Gasteiger charge is -2.32. The van der Waals surface area contributed by atoms with Crippen LogP contribution in [0.25, 0.3) is 0 Å². The molecule has 0 aromatic heterocycles. The number of hydrogen-bond donors (Lipinski definition) is 1. The smallest absolute Gasteiger partial charge is 0.264 e. The van der Waals surface area contributed by atoms with Crippen molar-refractivity contribution in [2.75, 3.05) is 10.8 Å². The molecule has 10 heteroatoms. The SMILES string of the molecule is Cc1ccc(S(=O)(=O)N(CC(=O)N(Cc2ccccc2Cl)C(C)C(=O)NC2CCCC2)c2ccccc2F)cc1. The Bertz CT molecular complexity index is 1460. The zero-order valence-corrected chi connectivity index (χ0v) is 24.1. The predicted octanol–water partition coefficient (Wildman–Crippen LogP) is 5.46. The van der Waals surface area contributed by atoms with Gasteiger partial charge in [0.1, 0.15) is 18.4 Å². The van der Waals surface area contributed by atoms with E-state index < -0.39 is 34.3 Å². The Morgan fingerprint density at radius 3 is 2.27 bits per heavy atom. The summed E-state index contributed by atoms with van der Waals surface area (Å²) in [6, 6.07) is 17.5. The highest BCUT2D eigenvalue weighted by molar-refractivity contribution is 7.92. The van der Waals surface area contributed by atoms with E-state index in [4.69, 9.17) is 11.6 Å². The van der Waals surface area contributed by atoms with Crippen LogP contribution in [-0.2, 0) is 26.2 Å². The van der Waals surface area contributed by atoms with Crippen molar-refractivity contribution >= 4 is 39.1 Å². The third-order valence-corrected chi connectivity index (χ3v) is 9.32. The lowest BCUT2D eigenvalue weighted by Crippen LogP contribution is -2.52. The Morgan fingerprint density at radius 1 is 1.00 bits per heavy atom. The molecule has 1 fully saturated rings. The van der Waals surface area contributed by atoms with Crippen LogP contribution < -0.4 is 9.62 Å². The van der Waals surface area contributed by atoms with Crippen LogP contribution in [0.1, 0.15) is 43.7 Å². The number of sulfonamides is 1. The van der Waals surface area contributed by atoms with Gasteiger partial charge in [-0.3, -0.25) is 13.9 Å². The molecule has 40 heavy (non-hydrogen) atoms. The summed E-state index contributed by atoms with van der Waals surface area (Å²) >= 11 is 6.39. The van der Waals surface area contributed by atoms with E-state index in [0.717, 1.165) is 41.6 Å². The number of carbonyl (C=O) groups excluding carboxylic acids is 2. The topological polar surface area (TPSA) is 86.8 Å². The summed E-state index contributed by atoms with van der Waals surface area (Å²) < 4.78 is 43.3. The van der Waals surface area contributed by atoms with E-state index in [1.54, 1.807) is 43.3 Å². The fraction of sp³-hybridized carbons (Fsp3) is 0.333. The second-order valence-corrected chi connectivity index (χ2v) is 12.3. The molecular formula is C30H33ClFN3O4S. The molecule has 7 nitrogen and oxygen atoms in total. The van der Waals surface area contributed by atoms with E-state index in [1.807, 2.05) is 6.92 Å². The Hall–Kier alpha value is -3.43. The first-order valence-corrected chi connectivity index (χ1v) is 15.1. The molecule has 3 aromatic carbocycles. The molecule has 0 aliphatic heterocycles. The summed E-state index contributed by atoms with van der Waals surface area (Å²) in [6.07, 6.45) is 3.78.